The molecule has 2 aromatic heterocycles. The normalized spacial score (nSPS) is 10.9. The van der Waals surface area contributed by atoms with Gasteiger partial charge >= 0.3 is 0 Å². The Morgan fingerprint density at radius 3 is 2.45 bits per heavy atom. The highest BCUT2D eigenvalue weighted by molar-refractivity contribution is 6.34. The maximum Gasteiger partial charge on any atom is 0.215 e. The molecule has 0 bridgehead atoms. The van der Waals surface area contributed by atoms with Crippen molar-refractivity contribution in [3.63, 3.8) is 0 Å². The van der Waals surface area contributed by atoms with Crippen LogP contribution in [0.4, 0.5) is 5.82 Å². The summed E-state index contributed by atoms with van der Waals surface area (Å²) in [6.07, 6.45) is 3.41. The molecule has 2 aromatic carbocycles. The van der Waals surface area contributed by atoms with Gasteiger partial charge < -0.3 is 4.74 Å². The van der Waals surface area contributed by atoms with E-state index in [2.05, 4.69) is 0 Å². The maximum atomic E-state index is 12.0. The van der Waals surface area contributed by atoms with Gasteiger partial charge in [-0.2, -0.15) is 0 Å². The summed E-state index contributed by atoms with van der Waals surface area (Å²) in [6, 6.07) is 18.9. The van der Waals surface area contributed by atoms with Gasteiger partial charge in [0.05, 0.1) is 12.2 Å². The SMILES string of the molecule is CCc1nc2c(OCc3cc(Cl)cc(Cl)c3)cccn2c1N(C=O)Cc1ccccc1. The van der Waals surface area contributed by atoms with Crippen LogP contribution < -0.4 is 9.64 Å². The number of pyridine rings is 1. The molecular weight excluding hydrogens is 433 g/mol. The zero-order chi connectivity index (χ0) is 21.8. The summed E-state index contributed by atoms with van der Waals surface area (Å²) in [6.45, 7) is 2.77. The van der Waals surface area contributed by atoms with Crippen molar-refractivity contribution in [2.75, 3.05) is 4.90 Å². The van der Waals surface area contributed by atoms with E-state index in [9.17, 15) is 4.79 Å². The molecule has 0 spiro atoms. The van der Waals surface area contributed by atoms with E-state index >= 15 is 0 Å². The quantitative estimate of drug-likeness (QED) is 0.310. The summed E-state index contributed by atoms with van der Waals surface area (Å²) in [5, 5.41) is 1.12. The van der Waals surface area contributed by atoms with Crippen molar-refractivity contribution in [3.8, 4) is 5.75 Å². The molecule has 0 saturated carbocycles. The number of amides is 1. The molecule has 2 heterocycles. The fourth-order valence-corrected chi connectivity index (χ4v) is 4.10. The van der Waals surface area contributed by atoms with Gasteiger partial charge in [0.15, 0.2) is 11.4 Å². The Morgan fingerprint density at radius 1 is 1.03 bits per heavy atom. The molecule has 7 heteroatoms. The maximum absolute atomic E-state index is 12.0. The van der Waals surface area contributed by atoms with Crippen LogP contribution in [0.1, 0.15) is 23.7 Å². The van der Waals surface area contributed by atoms with Crippen molar-refractivity contribution < 1.29 is 9.53 Å². The fraction of sp³-hybridized carbons (Fsp3) is 0.167. The minimum absolute atomic E-state index is 0.297. The number of carbonyl (C=O) groups excluding carboxylic acids is 1. The number of benzene rings is 2. The van der Waals surface area contributed by atoms with E-state index in [0.29, 0.717) is 41.0 Å². The highest BCUT2D eigenvalue weighted by Gasteiger charge is 2.20. The molecule has 4 aromatic rings. The van der Waals surface area contributed by atoms with Crippen LogP contribution in [0.15, 0.2) is 66.9 Å². The van der Waals surface area contributed by atoms with Crippen molar-refractivity contribution in [3.05, 3.63) is 93.7 Å². The summed E-state index contributed by atoms with van der Waals surface area (Å²) < 4.78 is 7.95. The Bertz CT molecular complexity index is 1190. The summed E-state index contributed by atoms with van der Waals surface area (Å²) in [5.74, 6) is 1.36. The second kappa shape index (κ2) is 9.41. The third-order valence-electron chi connectivity index (χ3n) is 4.91. The number of hydrogen-bond donors (Lipinski definition) is 0. The Morgan fingerprint density at radius 2 is 1.77 bits per heavy atom. The van der Waals surface area contributed by atoms with Crippen LogP contribution >= 0.6 is 23.2 Å². The average molecular weight is 454 g/mol. The first-order valence-corrected chi connectivity index (χ1v) is 10.7. The van der Waals surface area contributed by atoms with Crippen molar-refractivity contribution in [1.82, 2.24) is 9.38 Å². The monoisotopic (exact) mass is 453 g/mol. The standard InChI is InChI=1S/C24H21Cl2N3O2/c1-2-21-24(28(16-30)14-17-7-4-3-5-8-17)29-10-6-9-22(23(29)27-21)31-15-18-11-19(25)13-20(26)12-18/h3-13,16H,2,14-15H2,1H3. The lowest BCUT2D eigenvalue weighted by molar-refractivity contribution is -0.107. The molecule has 31 heavy (non-hydrogen) atoms. The minimum atomic E-state index is 0.297. The van der Waals surface area contributed by atoms with Crippen LogP contribution in [0, 0.1) is 0 Å². The van der Waals surface area contributed by atoms with Crippen LogP contribution in [-0.2, 0) is 24.4 Å². The van der Waals surface area contributed by atoms with Crippen LogP contribution in [-0.4, -0.2) is 15.8 Å². The van der Waals surface area contributed by atoms with E-state index in [-0.39, 0.29) is 0 Å². The van der Waals surface area contributed by atoms with E-state index in [1.54, 1.807) is 11.0 Å². The number of ether oxygens (including phenoxy) is 1. The number of halogens is 2. The fourth-order valence-electron chi connectivity index (χ4n) is 3.53. The molecule has 0 radical (unpaired) electrons. The van der Waals surface area contributed by atoms with Crippen LogP contribution in [0.3, 0.4) is 0 Å². The molecule has 0 atom stereocenters. The van der Waals surface area contributed by atoms with Gasteiger partial charge in [-0.25, -0.2) is 4.98 Å². The average Bonchev–Trinajstić information content (AvgIpc) is 3.15. The Labute approximate surface area is 190 Å². The highest BCUT2D eigenvalue weighted by atomic mass is 35.5. The first-order valence-electron chi connectivity index (χ1n) is 9.92. The van der Waals surface area contributed by atoms with E-state index < -0.39 is 0 Å². The van der Waals surface area contributed by atoms with Crippen molar-refractivity contribution in [1.29, 1.82) is 0 Å². The third-order valence-corrected chi connectivity index (χ3v) is 5.34. The third kappa shape index (κ3) is 4.68. The lowest BCUT2D eigenvalue weighted by Crippen LogP contribution is -2.23. The Kier molecular flexibility index (Phi) is 6.44. The van der Waals surface area contributed by atoms with Gasteiger partial charge in [-0.1, -0.05) is 60.5 Å². The zero-order valence-corrected chi connectivity index (χ0v) is 18.5. The molecule has 1 amide bonds. The second-order valence-electron chi connectivity index (χ2n) is 7.09. The van der Waals surface area contributed by atoms with Gasteiger partial charge in [-0.05, 0) is 47.9 Å². The molecule has 0 unspecified atom stereocenters. The van der Waals surface area contributed by atoms with E-state index in [1.807, 2.05) is 72.1 Å². The molecule has 0 aliphatic carbocycles. The smallest absolute Gasteiger partial charge is 0.215 e. The molecule has 0 fully saturated rings. The minimum Gasteiger partial charge on any atom is -0.485 e. The van der Waals surface area contributed by atoms with Crippen LogP contribution in [0.5, 0.6) is 5.75 Å². The van der Waals surface area contributed by atoms with Gasteiger partial charge in [0.1, 0.15) is 12.4 Å². The lowest BCUT2D eigenvalue weighted by Gasteiger charge is -2.18. The predicted octanol–water partition coefficient (Wildman–Crippen LogP) is 5.95. The number of aromatic nitrogens is 2. The molecule has 0 aliphatic rings. The Hall–Kier alpha value is -3.02. The van der Waals surface area contributed by atoms with Gasteiger partial charge in [-0.3, -0.25) is 14.1 Å². The predicted molar refractivity (Wildman–Crippen MR) is 124 cm³/mol. The molecule has 4 rings (SSSR count). The summed E-state index contributed by atoms with van der Waals surface area (Å²) in [7, 11) is 0. The van der Waals surface area contributed by atoms with E-state index in [1.165, 1.54) is 0 Å². The molecule has 5 nitrogen and oxygen atoms in total. The first kappa shape index (κ1) is 21.2. The first-order chi connectivity index (χ1) is 15.1. The second-order valence-corrected chi connectivity index (χ2v) is 7.96. The Balaban J connectivity index is 1.68. The van der Waals surface area contributed by atoms with Crippen LogP contribution in [0.25, 0.3) is 5.65 Å². The number of nitrogens with zero attached hydrogens (tertiary/aromatic N) is 3. The van der Waals surface area contributed by atoms with Crippen molar-refractivity contribution >= 4 is 41.1 Å². The van der Waals surface area contributed by atoms with Crippen LogP contribution in [0.2, 0.25) is 10.0 Å². The van der Waals surface area contributed by atoms with Gasteiger partial charge in [0, 0.05) is 16.2 Å². The summed E-state index contributed by atoms with van der Waals surface area (Å²) in [4.78, 5) is 18.5. The number of carbonyl (C=O) groups is 1. The largest absolute Gasteiger partial charge is 0.485 e. The van der Waals surface area contributed by atoms with E-state index in [0.717, 1.165) is 29.0 Å². The van der Waals surface area contributed by atoms with Gasteiger partial charge in [-0.15, -0.1) is 0 Å². The summed E-state index contributed by atoms with van der Waals surface area (Å²) in [5.41, 5.74) is 3.38. The lowest BCUT2D eigenvalue weighted by atomic mass is 10.2. The number of aryl methyl sites for hydroxylation is 1. The highest BCUT2D eigenvalue weighted by Crippen LogP contribution is 2.30. The number of fused-ring (bicyclic) bond motifs is 1. The molecule has 0 aliphatic heterocycles. The topological polar surface area (TPSA) is 46.8 Å². The number of hydrogen-bond acceptors (Lipinski definition) is 3. The molecule has 0 saturated heterocycles. The number of anilines is 1. The molecule has 0 N–H and O–H groups in total. The van der Waals surface area contributed by atoms with E-state index in [4.69, 9.17) is 32.9 Å². The molecule has 158 valence electrons. The zero-order valence-electron chi connectivity index (χ0n) is 17.0. The molecular formula is C24H21Cl2N3O2. The van der Waals surface area contributed by atoms with Gasteiger partial charge in [0.2, 0.25) is 6.41 Å². The number of imidazole rings is 1. The van der Waals surface area contributed by atoms with Gasteiger partial charge in [0.25, 0.3) is 0 Å². The summed E-state index contributed by atoms with van der Waals surface area (Å²) >= 11 is 12.2. The van der Waals surface area contributed by atoms with Crippen molar-refractivity contribution in [2.45, 2.75) is 26.5 Å². The number of rotatable bonds is 8. The van der Waals surface area contributed by atoms with Crippen molar-refractivity contribution in [2.24, 2.45) is 0 Å².